The molecule has 0 saturated heterocycles. The van der Waals surface area contributed by atoms with Crippen molar-refractivity contribution >= 4 is 65.8 Å². The molecule has 5 aromatic heterocycles. The number of rotatable bonds is 5. The van der Waals surface area contributed by atoms with Gasteiger partial charge in [0.25, 0.3) is 0 Å². The Morgan fingerprint density at radius 1 is 0.351 bits per heavy atom. The van der Waals surface area contributed by atoms with Gasteiger partial charge in [0.1, 0.15) is 16.7 Å². The lowest BCUT2D eigenvalue weighted by atomic mass is 10.0. The molecule has 12 aromatic rings. The average Bonchev–Trinajstić information content (AvgIpc) is 3.94. The zero-order chi connectivity index (χ0) is 37.5. The molecule has 0 aliphatic rings. The summed E-state index contributed by atoms with van der Waals surface area (Å²) in [6, 6.07) is 57.1. The fourth-order valence-electron chi connectivity index (χ4n) is 8.05. The summed E-state index contributed by atoms with van der Waals surface area (Å²) in [6.45, 7) is 0. The molecule has 0 fully saturated rings. The molecule has 0 radical (unpaired) electrons. The van der Waals surface area contributed by atoms with Crippen LogP contribution in [0.5, 0.6) is 0 Å². The normalized spacial score (nSPS) is 11.9. The van der Waals surface area contributed by atoms with Gasteiger partial charge in [-0.1, -0.05) is 133 Å². The van der Waals surface area contributed by atoms with Crippen molar-refractivity contribution in [2.24, 2.45) is 0 Å². The lowest BCUT2D eigenvalue weighted by Gasteiger charge is -2.10. The van der Waals surface area contributed by atoms with E-state index in [1.54, 1.807) is 0 Å². The zero-order valence-corrected chi connectivity index (χ0v) is 30.2. The maximum Gasteiger partial charge on any atom is 0.238 e. The van der Waals surface area contributed by atoms with E-state index in [-0.39, 0.29) is 0 Å². The lowest BCUT2D eigenvalue weighted by molar-refractivity contribution is 0.654. The smallest absolute Gasteiger partial charge is 0.238 e. The summed E-state index contributed by atoms with van der Waals surface area (Å²) >= 11 is 0. The third kappa shape index (κ3) is 4.97. The number of furan rings is 2. The summed E-state index contributed by atoms with van der Waals surface area (Å²) < 4.78 is 15.1. The van der Waals surface area contributed by atoms with Crippen LogP contribution in [-0.2, 0) is 0 Å². The van der Waals surface area contributed by atoms with E-state index in [2.05, 4.69) is 59.2 Å². The summed E-state index contributed by atoms with van der Waals surface area (Å²) in [6.07, 6.45) is 0. The molecular formula is C49H28N6O2. The van der Waals surface area contributed by atoms with Crippen molar-refractivity contribution in [1.82, 2.24) is 29.5 Å². The van der Waals surface area contributed by atoms with Crippen LogP contribution in [0.2, 0.25) is 0 Å². The van der Waals surface area contributed by atoms with Crippen LogP contribution < -0.4 is 0 Å². The van der Waals surface area contributed by atoms with Crippen LogP contribution in [0, 0.1) is 0 Å². The Labute approximate surface area is 324 Å². The minimum Gasteiger partial charge on any atom is -0.456 e. The summed E-state index contributed by atoms with van der Waals surface area (Å²) in [5, 5.41) is 5.98. The van der Waals surface area contributed by atoms with Gasteiger partial charge in [0.05, 0.1) is 22.1 Å². The summed E-state index contributed by atoms with van der Waals surface area (Å²) in [5.74, 6) is 2.24. The van der Waals surface area contributed by atoms with Gasteiger partial charge in [-0.3, -0.25) is 4.57 Å². The Kier molecular flexibility index (Phi) is 6.76. The monoisotopic (exact) mass is 732 g/mol. The molecule has 57 heavy (non-hydrogen) atoms. The largest absolute Gasteiger partial charge is 0.456 e. The molecule has 0 atom stereocenters. The highest BCUT2D eigenvalue weighted by atomic mass is 16.3. The molecule has 8 heteroatoms. The molecule has 7 aromatic carbocycles. The summed E-state index contributed by atoms with van der Waals surface area (Å²) in [4.78, 5) is 25.5. The highest BCUT2D eigenvalue weighted by molar-refractivity contribution is 6.19. The van der Waals surface area contributed by atoms with Gasteiger partial charge in [-0.25, -0.2) is 9.97 Å². The van der Waals surface area contributed by atoms with E-state index in [0.29, 0.717) is 34.7 Å². The van der Waals surface area contributed by atoms with E-state index in [1.807, 2.05) is 115 Å². The number of nitrogens with zero attached hydrogens (tertiary/aromatic N) is 6. The van der Waals surface area contributed by atoms with Crippen molar-refractivity contribution in [3.63, 3.8) is 0 Å². The van der Waals surface area contributed by atoms with Crippen molar-refractivity contribution in [2.75, 3.05) is 0 Å². The first-order chi connectivity index (χ1) is 28.2. The first-order valence-corrected chi connectivity index (χ1v) is 18.8. The average molecular weight is 733 g/mol. The zero-order valence-electron chi connectivity index (χ0n) is 30.2. The molecule has 0 aliphatic carbocycles. The topological polar surface area (TPSA) is 95.7 Å². The molecule has 0 unspecified atom stereocenters. The van der Waals surface area contributed by atoms with Crippen LogP contribution in [0.3, 0.4) is 0 Å². The Bertz CT molecular complexity index is 3460. The minimum atomic E-state index is 0.500. The molecule has 12 rings (SSSR count). The Balaban J connectivity index is 1.12. The molecule has 5 heterocycles. The maximum absolute atomic E-state index is 6.75. The fraction of sp³-hybridized carbons (Fsp3) is 0. The van der Waals surface area contributed by atoms with Crippen molar-refractivity contribution in [3.05, 3.63) is 170 Å². The van der Waals surface area contributed by atoms with Crippen LogP contribution >= 0.6 is 0 Å². The number of benzene rings is 7. The van der Waals surface area contributed by atoms with Gasteiger partial charge in [0, 0.05) is 55.3 Å². The molecule has 0 N–H and O–H groups in total. The molecule has 8 nitrogen and oxygen atoms in total. The summed E-state index contributed by atoms with van der Waals surface area (Å²) in [7, 11) is 0. The first kappa shape index (κ1) is 31.4. The van der Waals surface area contributed by atoms with E-state index in [9.17, 15) is 0 Å². The van der Waals surface area contributed by atoms with E-state index in [0.717, 1.165) is 82.5 Å². The predicted molar refractivity (Wildman–Crippen MR) is 226 cm³/mol. The minimum absolute atomic E-state index is 0.500. The van der Waals surface area contributed by atoms with Gasteiger partial charge in [0.15, 0.2) is 17.5 Å². The summed E-state index contributed by atoms with van der Waals surface area (Å²) in [5.41, 5.74) is 9.07. The van der Waals surface area contributed by atoms with Crippen LogP contribution in [0.15, 0.2) is 179 Å². The quantitative estimate of drug-likeness (QED) is 0.174. The van der Waals surface area contributed by atoms with Crippen molar-refractivity contribution < 1.29 is 8.83 Å². The van der Waals surface area contributed by atoms with Gasteiger partial charge in [-0.15, -0.1) is 0 Å². The van der Waals surface area contributed by atoms with Crippen molar-refractivity contribution in [1.29, 1.82) is 0 Å². The molecule has 0 aliphatic heterocycles. The van der Waals surface area contributed by atoms with Crippen LogP contribution in [0.25, 0.3) is 117 Å². The Hall–Kier alpha value is -7.97. The molecule has 0 amide bonds. The second kappa shape index (κ2) is 12.3. The van der Waals surface area contributed by atoms with E-state index in [4.69, 9.17) is 33.8 Å². The number of fused-ring (bicyclic) bond motifs is 9. The second-order valence-electron chi connectivity index (χ2n) is 14.1. The van der Waals surface area contributed by atoms with Gasteiger partial charge in [-0.05, 0) is 30.3 Å². The molecule has 0 bridgehead atoms. The van der Waals surface area contributed by atoms with Gasteiger partial charge in [-0.2, -0.15) is 15.0 Å². The SMILES string of the molecule is c1ccc(-c2nc(-c3ccccc3)nc(-n3c4ccccc4c4cc5c(cc43)oc3nc(-c4ccc6c(c4)oc4ccccc46)nc(-c4ccccc4)c35)n2)cc1. The first-order valence-electron chi connectivity index (χ1n) is 18.8. The maximum atomic E-state index is 6.75. The number of hydrogen-bond donors (Lipinski definition) is 0. The van der Waals surface area contributed by atoms with Gasteiger partial charge < -0.3 is 8.83 Å². The van der Waals surface area contributed by atoms with Crippen LogP contribution in [0.4, 0.5) is 0 Å². The Morgan fingerprint density at radius 2 is 0.947 bits per heavy atom. The van der Waals surface area contributed by atoms with E-state index < -0.39 is 0 Å². The van der Waals surface area contributed by atoms with Crippen LogP contribution in [-0.4, -0.2) is 29.5 Å². The molecule has 0 spiro atoms. The Morgan fingerprint density at radius 3 is 1.68 bits per heavy atom. The fourth-order valence-corrected chi connectivity index (χ4v) is 8.05. The lowest BCUT2D eigenvalue weighted by Crippen LogP contribution is -2.06. The molecule has 266 valence electrons. The highest BCUT2D eigenvalue weighted by Gasteiger charge is 2.23. The molecule has 0 saturated carbocycles. The van der Waals surface area contributed by atoms with E-state index >= 15 is 0 Å². The molecular weight excluding hydrogens is 705 g/mol. The van der Waals surface area contributed by atoms with Crippen molar-refractivity contribution in [2.45, 2.75) is 0 Å². The third-order valence-corrected chi connectivity index (χ3v) is 10.7. The number of para-hydroxylation sites is 2. The van der Waals surface area contributed by atoms with E-state index in [1.165, 1.54) is 0 Å². The second-order valence-corrected chi connectivity index (χ2v) is 14.1. The predicted octanol–water partition coefficient (Wildman–Crippen LogP) is 12.2. The van der Waals surface area contributed by atoms with Gasteiger partial charge >= 0.3 is 0 Å². The van der Waals surface area contributed by atoms with Crippen LogP contribution in [0.1, 0.15) is 0 Å². The highest BCUT2D eigenvalue weighted by Crippen LogP contribution is 2.42. The van der Waals surface area contributed by atoms with Crippen molar-refractivity contribution in [3.8, 4) is 51.4 Å². The standard InChI is InChI=1S/C49H28N6O2/c1-4-14-29(15-5-1)44-43-37-27-36-33-20-10-12-22-38(33)55(49-53-45(30-16-6-2-7-17-30)51-46(54-49)31-18-8-3-9-19-31)39(36)28-42(37)57-48(43)52-47(50-44)32-24-25-35-34-21-11-13-23-40(34)56-41(35)26-32/h1-28H. The third-order valence-electron chi connectivity index (χ3n) is 10.7. The van der Waals surface area contributed by atoms with Gasteiger partial charge in [0.2, 0.25) is 11.7 Å². The number of hydrogen-bond acceptors (Lipinski definition) is 7. The number of aromatic nitrogens is 6.